The molecule has 4 heteroatoms. The Bertz CT molecular complexity index is 263. The molecule has 0 radical (unpaired) electrons. The molecule has 0 fully saturated rings. The third-order valence-corrected chi connectivity index (χ3v) is 1.69. The third-order valence-electron chi connectivity index (χ3n) is 1.29. The first-order valence-electron chi connectivity index (χ1n) is 2.98. The van der Waals surface area contributed by atoms with Crippen LogP contribution in [0.4, 0.5) is 14.5 Å². The first kappa shape index (κ1) is 8.33. The van der Waals surface area contributed by atoms with Gasteiger partial charge < -0.3 is 5.73 Å². The van der Waals surface area contributed by atoms with Crippen molar-refractivity contribution in [3.63, 3.8) is 0 Å². The maximum absolute atomic E-state index is 12.1. The minimum Gasteiger partial charge on any atom is -0.399 e. The number of hydrogen-bond acceptors (Lipinski definition) is 2. The van der Waals surface area contributed by atoms with Gasteiger partial charge in [0.05, 0.1) is 0 Å². The largest absolute Gasteiger partial charge is 0.399 e. The first-order chi connectivity index (χ1) is 5.11. The molecule has 0 unspecified atom stereocenters. The van der Waals surface area contributed by atoms with Crippen LogP contribution in [0, 0.1) is 0 Å². The summed E-state index contributed by atoms with van der Waals surface area (Å²) in [6.45, 7) is 0. The number of benzene rings is 1. The van der Waals surface area contributed by atoms with Gasteiger partial charge in [-0.25, -0.2) is 8.78 Å². The van der Waals surface area contributed by atoms with Crippen molar-refractivity contribution in [1.29, 1.82) is 0 Å². The Hall–Kier alpha value is -0.770. The van der Waals surface area contributed by atoms with Gasteiger partial charge in [0.2, 0.25) is 0 Å². The molecule has 0 aromatic heterocycles. The van der Waals surface area contributed by atoms with Crippen molar-refractivity contribution in [2.45, 2.75) is 11.3 Å². The van der Waals surface area contributed by atoms with Gasteiger partial charge in [-0.2, -0.15) is 0 Å². The van der Waals surface area contributed by atoms with Crippen LogP contribution in [-0.4, -0.2) is 0 Å². The molecular weight excluding hydrogens is 168 g/mol. The van der Waals surface area contributed by atoms with Crippen molar-refractivity contribution < 1.29 is 8.78 Å². The molecule has 1 rings (SSSR count). The van der Waals surface area contributed by atoms with Crippen LogP contribution in [0.5, 0.6) is 0 Å². The highest BCUT2D eigenvalue weighted by Crippen LogP contribution is 2.27. The zero-order valence-corrected chi connectivity index (χ0v) is 6.48. The maximum atomic E-state index is 12.1. The summed E-state index contributed by atoms with van der Waals surface area (Å²) in [5.74, 6) is 0. The molecular formula is C7H7F2NS. The summed E-state index contributed by atoms with van der Waals surface area (Å²) in [7, 11) is 0. The Morgan fingerprint density at radius 2 is 2.00 bits per heavy atom. The summed E-state index contributed by atoms with van der Waals surface area (Å²) in [5.41, 5.74) is 5.51. The van der Waals surface area contributed by atoms with Gasteiger partial charge in [0.15, 0.2) is 0 Å². The fraction of sp³-hybridized carbons (Fsp3) is 0.143. The van der Waals surface area contributed by atoms with Crippen LogP contribution in [0.25, 0.3) is 0 Å². The highest BCUT2D eigenvalue weighted by atomic mass is 32.1. The smallest absolute Gasteiger partial charge is 0.264 e. The van der Waals surface area contributed by atoms with Gasteiger partial charge in [0.1, 0.15) is 0 Å². The summed E-state index contributed by atoms with van der Waals surface area (Å²) in [5, 5.41) is 0. The van der Waals surface area contributed by atoms with E-state index >= 15 is 0 Å². The Labute approximate surface area is 68.6 Å². The number of rotatable bonds is 1. The van der Waals surface area contributed by atoms with E-state index in [2.05, 4.69) is 12.6 Å². The Balaban J connectivity index is 3.13. The van der Waals surface area contributed by atoms with E-state index < -0.39 is 6.43 Å². The molecule has 0 aliphatic rings. The second kappa shape index (κ2) is 3.09. The van der Waals surface area contributed by atoms with Crippen LogP contribution in [0.1, 0.15) is 12.0 Å². The number of halogens is 2. The number of thiol groups is 1. The molecule has 11 heavy (non-hydrogen) atoms. The Kier molecular flexibility index (Phi) is 2.34. The molecule has 1 aromatic rings. The van der Waals surface area contributed by atoms with Crippen molar-refractivity contribution in [3.05, 3.63) is 23.8 Å². The Morgan fingerprint density at radius 1 is 1.36 bits per heavy atom. The average molecular weight is 175 g/mol. The predicted molar refractivity (Wildman–Crippen MR) is 43.1 cm³/mol. The second-order valence-corrected chi connectivity index (χ2v) is 2.60. The number of nitrogen functional groups attached to an aromatic ring is 1. The maximum Gasteiger partial charge on any atom is 0.264 e. The van der Waals surface area contributed by atoms with Gasteiger partial charge in [-0.1, -0.05) is 0 Å². The zero-order valence-electron chi connectivity index (χ0n) is 5.59. The molecule has 1 aromatic carbocycles. The summed E-state index contributed by atoms with van der Waals surface area (Å²) < 4.78 is 24.2. The molecule has 0 spiro atoms. The van der Waals surface area contributed by atoms with Gasteiger partial charge in [0.25, 0.3) is 6.43 Å². The fourth-order valence-corrected chi connectivity index (χ4v) is 0.984. The van der Waals surface area contributed by atoms with Crippen molar-refractivity contribution in [1.82, 2.24) is 0 Å². The van der Waals surface area contributed by atoms with Gasteiger partial charge in [0, 0.05) is 16.1 Å². The minimum absolute atomic E-state index is 0.117. The monoisotopic (exact) mass is 175 g/mol. The molecule has 60 valence electrons. The third kappa shape index (κ3) is 1.83. The van der Waals surface area contributed by atoms with E-state index in [4.69, 9.17) is 5.73 Å². The van der Waals surface area contributed by atoms with E-state index in [1.54, 1.807) is 0 Å². The van der Waals surface area contributed by atoms with Crippen molar-refractivity contribution in [3.8, 4) is 0 Å². The quantitative estimate of drug-likeness (QED) is 0.497. The average Bonchev–Trinajstić information content (AvgIpc) is 1.94. The molecule has 0 aliphatic carbocycles. The summed E-state index contributed by atoms with van der Waals surface area (Å²) in [4.78, 5) is 0.272. The van der Waals surface area contributed by atoms with Crippen LogP contribution in [-0.2, 0) is 0 Å². The fourth-order valence-electron chi connectivity index (χ4n) is 0.748. The van der Waals surface area contributed by atoms with Crippen LogP contribution in [0.3, 0.4) is 0 Å². The van der Waals surface area contributed by atoms with Crippen molar-refractivity contribution >= 4 is 18.3 Å². The highest BCUT2D eigenvalue weighted by Gasteiger charge is 2.10. The minimum atomic E-state index is -2.51. The number of nitrogens with two attached hydrogens (primary N) is 1. The molecule has 0 aliphatic heterocycles. The normalized spacial score (nSPS) is 10.5. The summed E-state index contributed by atoms with van der Waals surface area (Å²) in [6.07, 6.45) is -2.51. The lowest BCUT2D eigenvalue weighted by molar-refractivity contribution is 0.148. The molecule has 0 saturated heterocycles. The van der Waals surface area contributed by atoms with E-state index in [1.807, 2.05) is 0 Å². The molecule has 2 N–H and O–H groups in total. The molecule has 1 nitrogen and oxygen atoms in total. The predicted octanol–water partition coefficient (Wildman–Crippen LogP) is 2.50. The highest BCUT2D eigenvalue weighted by molar-refractivity contribution is 7.80. The van der Waals surface area contributed by atoms with E-state index in [0.29, 0.717) is 5.69 Å². The van der Waals surface area contributed by atoms with E-state index in [-0.39, 0.29) is 10.5 Å². The van der Waals surface area contributed by atoms with Crippen LogP contribution >= 0.6 is 12.6 Å². The Morgan fingerprint density at radius 3 is 2.45 bits per heavy atom. The summed E-state index contributed by atoms with van der Waals surface area (Å²) in [6, 6.07) is 4.22. The van der Waals surface area contributed by atoms with Crippen LogP contribution < -0.4 is 5.73 Å². The molecule has 0 atom stereocenters. The molecule has 0 heterocycles. The van der Waals surface area contributed by atoms with Gasteiger partial charge >= 0.3 is 0 Å². The van der Waals surface area contributed by atoms with Crippen LogP contribution in [0.2, 0.25) is 0 Å². The SMILES string of the molecule is Nc1ccc(S)c(C(F)F)c1. The van der Waals surface area contributed by atoms with E-state index in [9.17, 15) is 8.78 Å². The van der Waals surface area contributed by atoms with Gasteiger partial charge in [-0.05, 0) is 18.2 Å². The lowest BCUT2D eigenvalue weighted by atomic mass is 10.2. The van der Waals surface area contributed by atoms with E-state index in [0.717, 1.165) is 0 Å². The lowest BCUT2D eigenvalue weighted by Gasteiger charge is -2.03. The first-order valence-corrected chi connectivity index (χ1v) is 3.42. The van der Waals surface area contributed by atoms with Crippen molar-refractivity contribution in [2.75, 3.05) is 5.73 Å². The van der Waals surface area contributed by atoms with E-state index in [1.165, 1.54) is 18.2 Å². The summed E-state index contributed by atoms with van der Waals surface area (Å²) >= 11 is 3.85. The molecule has 0 bridgehead atoms. The molecule has 0 saturated carbocycles. The second-order valence-electron chi connectivity index (χ2n) is 2.12. The van der Waals surface area contributed by atoms with Crippen LogP contribution in [0.15, 0.2) is 23.1 Å². The van der Waals surface area contributed by atoms with Gasteiger partial charge in [-0.3, -0.25) is 0 Å². The zero-order chi connectivity index (χ0) is 8.43. The molecule has 0 amide bonds. The number of anilines is 1. The standard InChI is InChI=1S/C7H7F2NS/c8-7(9)5-3-4(10)1-2-6(5)11/h1-3,7,11H,10H2. The lowest BCUT2D eigenvalue weighted by Crippen LogP contribution is -1.90. The van der Waals surface area contributed by atoms with Gasteiger partial charge in [-0.15, -0.1) is 12.6 Å². The number of hydrogen-bond donors (Lipinski definition) is 2. The topological polar surface area (TPSA) is 26.0 Å². The van der Waals surface area contributed by atoms with Crippen molar-refractivity contribution in [2.24, 2.45) is 0 Å². The number of alkyl halides is 2.